The normalized spacial score (nSPS) is 9.88. The zero-order valence-electron chi connectivity index (χ0n) is 8.67. The zero-order valence-corrected chi connectivity index (χ0v) is 8.67. The van der Waals surface area contributed by atoms with Crippen molar-refractivity contribution in [2.75, 3.05) is 6.61 Å². The van der Waals surface area contributed by atoms with E-state index >= 15 is 0 Å². The molecule has 0 unspecified atom stereocenters. The molecule has 0 spiro atoms. The first-order chi connectivity index (χ1) is 7.61. The quantitative estimate of drug-likeness (QED) is 0.473. The minimum absolute atomic E-state index is 0.0223. The van der Waals surface area contributed by atoms with Gasteiger partial charge in [0.25, 0.3) is 5.69 Å². The lowest BCUT2D eigenvalue weighted by Gasteiger charge is -2.06. The number of nitrogens with zero attached hydrogens (tertiary/aromatic N) is 1. The van der Waals surface area contributed by atoms with Crippen LogP contribution >= 0.6 is 0 Å². The number of nitro benzene ring substituents is 1. The van der Waals surface area contributed by atoms with E-state index < -0.39 is 17.5 Å². The molecule has 0 saturated heterocycles. The number of carbonyl (C=O) groups excluding carboxylic acids is 1. The third-order valence-corrected chi connectivity index (χ3v) is 2.00. The van der Waals surface area contributed by atoms with Crippen LogP contribution in [-0.4, -0.2) is 22.6 Å². The Bertz CT molecular complexity index is 416. The van der Waals surface area contributed by atoms with E-state index in [1.54, 1.807) is 6.92 Å². The molecule has 16 heavy (non-hydrogen) atoms. The van der Waals surface area contributed by atoms with Gasteiger partial charge in [0.05, 0.1) is 29.3 Å². The first-order valence-electron chi connectivity index (χ1n) is 4.66. The molecule has 0 radical (unpaired) electrons. The summed E-state index contributed by atoms with van der Waals surface area (Å²) in [5, 5.41) is 19.7. The zero-order chi connectivity index (χ0) is 12.1. The van der Waals surface area contributed by atoms with Gasteiger partial charge in [0, 0.05) is 6.07 Å². The fraction of sp³-hybridized carbons (Fsp3) is 0.300. The number of ether oxygens (including phenoxy) is 1. The van der Waals surface area contributed by atoms with E-state index in [4.69, 9.17) is 9.84 Å². The fourth-order valence-corrected chi connectivity index (χ4v) is 1.31. The van der Waals surface area contributed by atoms with Crippen molar-refractivity contribution < 1.29 is 19.6 Å². The van der Waals surface area contributed by atoms with Crippen LogP contribution in [0, 0.1) is 10.1 Å². The smallest absolute Gasteiger partial charge is 0.338 e. The van der Waals surface area contributed by atoms with Crippen LogP contribution in [0.1, 0.15) is 22.8 Å². The molecule has 1 rings (SSSR count). The summed E-state index contributed by atoms with van der Waals surface area (Å²) in [7, 11) is 0. The van der Waals surface area contributed by atoms with Crippen LogP contribution in [0.15, 0.2) is 18.2 Å². The highest BCUT2D eigenvalue weighted by Gasteiger charge is 2.21. The average molecular weight is 225 g/mol. The van der Waals surface area contributed by atoms with Crippen LogP contribution in [0.25, 0.3) is 0 Å². The maximum Gasteiger partial charge on any atom is 0.338 e. The SMILES string of the molecule is CCOC(=O)c1cccc([N+](=O)[O-])c1CO. The van der Waals surface area contributed by atoms with Gasteiger partial charge >= 0.3 is 5.97 Å². The van der Waals surface area contributed by atoms with Gasteiger partial charge in [0.15, 0.2) is 0 Å². The number of hydrogen-bond acceptors (Lipinski definition) is 5. The van der Waals surface area contributed by atoms with Crippen molar-refractivity contribution >= 4 is 11.7 Å². The molecule has 0 amide bonds. The standard InChI is InChI=1S/C10H11NO5/c1-2-16-10(13)7-4-3-5-9(11(14)15)8(7)6-12/h3-5,12H,2,6H2,1H3. The van der Waals surface area contributed by atoms with Gasteiger partial charge < -0.3 is 9.84 Å². The van der Waals surface area contributed by atoms with Crippen LogP contribution in [0.3, 0.4) is 0 Å². The Hall–Kier alpha value is -1.95. The van der Waals surface area contributed by atoms with Crippen molar-refractivity contribution in [2.24, 2.45) is 0 Å². The van der Waals surface area contributed by atoms with E-state index in [1.165, 1.54) is 18.2 Å². The topological polar surface area (TPSA) is 89.7 Å². The summed E-state index contributed by atoms with van der Waals surface area (Å²) in [6.45, 7) is 1.23. The number of hydrogen-bond donors (Lipinski definition) is 1. The van der Waals surface area contributed by atoms with Gasteiger partial charge in [-0.05, 0) is 13.0 Å². The summed E-state index contributed by atoms with van der Waals surface area (Å²) in [5.74, 6) is -0.671. The van der Waals surface area contributed by atoms with E-state index in [9.17, 15) is 14.9 Å². The molecule has 0 atom stereocenters. The highest BCUT2D eigenvalue weighted by atomic mass is 16.6. The van der Waals surface area contributed by atoms with Gasteiger partial charge in [-0.1, -0.05) is 6.07 Å². The second kappa shape index (κ2) is 5.22. The minimum Gasteiger partial charge on any atom is -0.462 e. The maximum absolute atomic E-state index is 11.4. The number of carbonyl (C=O) groups is 1. The minimum atomic E-state index is -0.671. The summed E-state index contributed by atoms with van der Waals surface area (Å²) < 4.78 is 4.73. The Morgan fingerprint density at radius 2 is 2.25 bits per heavy atom. The maximum atomic E-state index is 11.4. The third-order valence-electron chi connectivity index (χ3n) is 2.00. The van der Waals surface area contributed by atoms with E-state index in [0.717, 1.165) is 0 Å². The fourth-order valence-electron chi connectivity index (χ4n) is 1.31. The summed E-state index contributed by atoms with van der Waals surface area (Å²) in [6, 6.07) is 3.99. The molecule has 86 valence electrons. The summed E-state index contributed by atoms with van der Waals surface area (Å²) in [5.41, 5.74) is -0.280. The molecule has 0 aliphatic carbocycles. The first kappa shape index (κ1) is 12.1. The number of aliphatic hydroxyl groups excluding tert-OH is 1. The van der Waals surface area contributed by atoms with Crippen molar-refractivity contribution in [2.45, 2.75) is 13.5 Å². The van der Waals surface area contributed by atoms with E-state index in [1.807, 2.05) is 0 Å². The Morgan fingerprint density at radius 3 is 2.75 bits per heavy atom. The first-order valence-corrected chi connectivity index (χ1v) is 4.66. The molecular weight excluding hydrogens is 214 g/mol. The molecule has 1 aromatic carbocycles. The number of rotatable bonds is 4. The summed E-state index contributed by atoms with van der Waals surface area (Å²) >= 11 is 0. The molecule has 0 fully saturated rings. The monoisotopic (exact) mass is 225 g/mol. The van der Waals surface area contributed by atoms with Gasteiger partial charge in [0.1, 0.15) is 0 Å². The molecule has 1 N–H and O–H groups in total. The van der Waals surface area contributed by atoms with E-state index in [-0.39, 0.29) is 23.4 Å². The molecule has 6 nitrogen and oxygen atoms in total. The molecule has 0 aromatic heterocycles. The molecule has 0 bridgehead atoms. The van der Waals surface area contributed by atoms with Crippen LogP contribution < -0.4 is 0 Å². The number of nitro groups is 1. The lowest BCUT2D eigenvalue weighted by molar-refractivity contribution is -0.385. The highest BCUT2D eigenvalue weighted by molar-refractivity contribution is 5.92. The van der Waals surface area contributed by atoms with Crippen molar-refractivity contribution in [1.29, 1.82) is 0 Å². The highest BCUT2D eigenvalue weighted by Crippen LogP contribution is 2.22. The van der Waals surface area contributed by atoms with Crippen molar-refractivity contribution in [3.8, 4) is 0 Å². The Morgan fingerprint density at radius 1 is 1.56 bits per heavy atom. The van der Waals surface area contributed by atoms with Crippen LogP contribution in [0.2, 0.25) is 0 Å². The molecule has 0 heterocycles. The predicted octanol–water partition coefficient (Wildman–Crippen LogP) is 1.26. The number of benzene rings is 1. The predicted molar refractivity (Wildman–Crippen MR) is 55.0 cm³/mol. The van der Waals surface area contributed by atoms with Crippen molar-refractivity contribution in [3.05, 3.63) is 39.4 Å². The Labute approximate surface area is 91.6 Å². The molecular formula is C10H11NO5. The Balaban J connectivity index is 3.24. The van der Waals surface area contributed by atoms with Gasteiger partial charge in [0.2, 0.25) is 0 Å². The van der Waals surface area contributed by atoms with Gasteiger partial charge in [-0.2, -0.15) is 0 Å². The number of esters is 1. The van der Waals surface area contributed by atoms with Crippen LogP contribution in [0.5, 0.6) is 0 Å². The average Bonchev–Trinajstić information content (AvgIpc) is 2.28. The molecule has 0 saturated carbocycles. The molecule has 0 aliphatic rings. The summed E-state index contributed by atoms with van der Waals surface area (Å²) in [6.07, 6.45) is 0. The number of aliphatic hydroxyl groups is 1. The molecule has 0 aliphatic heterocycles. The van der Waals surface area contributed by atoms with Crippen LogP contribution in [0.4, 0.5) is 5.69 Å². The van der Waals surface area contributed by atoms with Gasteiger partial charge in [-0.25, -0.2) is 4.79 Å². The lowest BCUT2D eigenvalue weighted by atomic mass is 10.1. The lowest BCUT2D eigenvalue weighted by Crippen LogP contribution is -2.10. The van der Waals surface area contributed by atoms with Crippen molar-refractivity contribution in [3.63, 3.8) is 0 Å². The molecule has 6 heteroatoms. The summed E-state index contributed by atoms with van der Waals surface area (Å²) in [4.78, 5) is 21.5. The molecule has 1 aromatic rings. The Kier molecular flexibility index (Phi) is 3.96. The van der Waals surface area contributed by atoms with Gasteiger partial charge in [-0.15, -0.1) is 0 Å². The van der Waals surface area contributed by atoms with E-state index in [0.29, 0.717) is 0 Å². The third kappa shape index (κ3) is 2.34. The van der Waals surface area contributed by atoms with E-state index in [2.05, 4.69) is 0 Å². The van der Waals surface area contributed by atoms with Crippen LogP contribution in [-0.2, 0) is 11.3 Å². The van der Waals surface area contributed by atoms with Crippen molar-refractivity contribution in [1.82, 2.24) is 0 Å². The van der Waals surface area contributed by atoms with Gasteiger partial charge in [-0.3, -0.25) is 10.1 Å². The second-order valence-corrected chi connectivity index (χ2v) is 2.94. The largest absolute Gasteiger partial charge is 0.462 e. The second-order valence-electron chi connectivity index (χ2n) is 2.94.